The van der Waals surface area contributed by atoms with Crippen molar-refractivity contribution in [1.82, 2.24) is 10.2 Å². The number of carbonyl (C=O) groups is 2. The molecule has 1 saturated heterocycles. The predicted octanol–water partition coefficient (Wildman–Crippen LogP) is 2.29. The van der Waals surface area contributed by atoms with Gasteiger partial charge in [0, 0.05) is 49.8 Å². The molecule has 1 atom stereocenters. The molecular formula is C23H29N3O5. The van der Waals surface area contributed by atoms with Crippen molar-refractivity contribution < 1.29 is 23.8 Å². The fourth-order valence-electron chi connectivity index (χ4n) is 3.84. The first-order valence-electron chi connectivity index (χ1n) is 10.5. The maximum atomic E-state index is 12.7. The lowest BCUT2D eigenvalue weighted by Crippen LogP contribution is -2.40. The number of hydrogen-bond donors (Lipinski definition) is 1. The number of nitrogens with zero attached hydrogens (tertiary/aromatic N) is 2. The topological polar surface area (TPSA) is 94.8 Å². The summed E-state index contributed by atoms with van der Waals surface area (Å²) in [4.78, 5) is 26.9. The van der Waals surface area contributed by atoms with Crippen molar-refractivity contribution in [1.29, 1.82) is 0 Å². The number of carbonyl (C=O) groups excluding carboxylic acids is 2. The Bertz CT molecular complexity index is 901. The van der Waals surface area contributed by atoms with Gasteiger partial charge in [0.1, 0.15) is 11.5 Å². The summed E-state index contributed by atoms with van der Waals surface area (Å²) >= 11 is 0. The van der Waals surface area contributed by atoms with Crippen LogP contribution in [0.5, 0.6) is 11.5 Å². The third kappa shape index (κ3) is 6.10. The number of likely N-dealkylation sites (tertiary alicyclic amines) is 1. The largest absolute Gasteiger partial charge is 0.619 e. The van der Waals surface area contributed by atoms with E-state index in [0.717, 1.165) is 24.8 Å². The highest BCUT2D eigenvalue weighted by Gasteiger charge is 2.25. The first kappa shape index (κ1) is 22.4. The lowest BCUT2D eigenvalue weighted by Gasteiger charge is -2.32. The minimum Gasteiger partial charge on any atom is -0.619 e. The van der Waals surface area contributed by atoms with Crippen molar-refractivity contribution in [3.63, 3.8) is 0 Å². The maximum Gasteiger partial charge on any atom is 0.254 e. The predicted molar refractivity (Wildman–Crippen MR) is 115 cm³/mol. The van der Waals surface area contributed by atoms with Crippen LogP contribution in [-0.2, 0) is 11.3 Å². The van der Waals surface area contributed by atoms with Crippen LogP contribution in [0.3, 0.4) is 0 Å². The molecule has 3 rings (SSSR count). The fourth-order valence-corrected chi connectivity index (χ4v) is 3.84. The molecule has 1 aromatic heterocycles. The Morgan fingerprint density at radius 3 is 2.68 bits per heavy atom. The molecule has 0 spiro atoms. The summed E-state index contributed by atoms with van der Waals surface area (Å²) in [6.45, 7) is 1.71. The van der Waals surface area contributed by atoms with Gasteiger partial charge in [0.2, 0.25) is 5.91 Å². The van der Waals surface area contributed by atoms with Crippen molar-refractivity contribution in [2.45, 2.75) is 32.2 Å². The summed E-state index contributed by atoms with van der Waals surface area (Å²) in [5.74, 6) is 1.56. The Labute approximate surface area is 182 Å². The number of methoxy groups -OCH3 is 2. The molecule has 0 aliphatic carbocycles. The molecule has 8 heteroatoms. The van der Waals surface area contributed by atoms with Gasteiger partial charge < -0.3 is 24.9 Å². The quantitative estimate of drug-likeness (QED) is 0.515. The molecule has 1 aliphatic rings. The monoisotopic (exact) mass is 427 g/mol. The van der Waals surface area contributed by atoms with E-state index in [1.165, 1.54) is 12.4 Å². The minimum absolute atomic E-state index is 0.0237. The van der Waals surface area contributed by atoms with E-state index in [0.29, 0.717) is 47.8 Å². The average Bonchev–Trinajstić information content (AvgIpc) is 2.81. The van der Waals surface area contributed by atoms with Gasteiger partial charge in [-0.2, -0.15) is 4.73 Å². The Kier molecular flexibility index (Phi) is 7.70. The summed E-state index contributed by atoms with van der Waals surface area (Å²) < 4.78 is 11.2. The maximum absolute atomic E-state index is 12.7. The molecule has 0 unspecified atom stereocenters. The van der Waals surface area contributed by atoms with Gasteiger partial charge in [-0.05, 0) is 37.3 Å². The molecule has 166 valence electrons. The third-order valence-corrected chi connectivity index (χ3v) is 5.61. The standard InChI is InChI=1S/C23H29N3O5/c1-30-20-7-6-19(21(14-20)31-2)15-24-22(27)8-5-17-4-3-11-25(16-17)23(28)18-9-12-26(29)13-10-18/h6-7,9-10,12-14,17H,3-5,8,11,15-16H2,1-2H3,(H,24,27)/t17-/m1/s1. The molecule has 0 saturated carbocycles. The van der Waals surface area contributed by atoms with E-state index >= 15 is 0 Å². The van der Waals surface area contributed by atoms with Gasteiger partial charge in [-0.25, -0.2) is 0 Å². The fraction of sp³-hybridized carbons (Fsp3) is 0.435. The van der Waals surface area contributed by atoms with Gasteiger partial charge in [0.25, 0.3) is 5.91 Å². The van der Waals surface area contributed by atoms with Crippen LogP contribution in [0.15, 0.2) is 42.7 Å². The number of aromatic nitrogens is 1. The highest BCUT2D eigenvalue weighted by Crippen LogP contribution is 2.25. The van der Waals surface area contributed by atoms with Gasteiger partial charge in [-0.1, -0.05) is 0 Å². The van der Waals surface area contributed by atoms with Gasteiger partial charge in [-0.3, -0.25) is 9.59 Å². The number of nitrogens with one attached hydrogen (secondary N) is 1. The Morgan fingerprint density at radius 2 is 1.97 bits per heavy atom. The summed E-state index contributed by atoms with van der Waals surface area (Å²) in [5, 5.41) is 14.1. The van der Waals surface area contributed by atoms with E-state index in [9.17, 15) is 14.8 Å². The van der Waals surface area contributed by atoms with Gasteiger partial charge in [0.05, 0.1) is 19.8 Å². The molecule has 8 nitrogen and oxygen atoms in total. The number of piperidine rings is 1. The van der Waals surface area contributed by atoms with Crippen molar-refractivity contribution in [3.05, 3.63) is 59.1 Å². The molecule has 1 N–H and O–H groups in total. The van der Waals surface area contributed by atoms with Crippen LogP contribution in [0.1, 0.15) is 41.6 Å². The first-order chi connectivity index (χ1) is 15.0. The summed E-state index contributed by atoms with van der Waals surface area (Å²) in [6, 6.07) is 8.58. The number of pyridine rings is 1. The van der Waals surface area contributed by atoms with Gasteiger partial charge in [-0.15, -0.1) is 0 Å². The van der Waals surface area contributed by atoms with Crippen LogP contribution >= 0.6 is 0 Å². The number of ether oxygens (including phenoxy) is 2. The zero-order valence-corrected chi connectivity index (χ0v) is 18.0. The number of benzene rings is 1. The first-order valence-corrected chi connectivity index (χ1v) is 10.5. The second-order valence-electron chi connectivity index (χ2n) is 7.70. The summed E-state index contributed by atoms with van der Waals surface area (Å²) in [6.07, 6.45) is 5.71. The summed E-state index contributed by atoms with van der Waals surface area (Å²) in [7, 11) is 3.18. The average molecular weight is 428 g/mol. The van der Waals surface area contributed by atoms with Crippen LogP contribution in [0.2, 0.25) is 0 Å². The number of amides is 2. The molecule has 1 fully saturated rings. The molecule has 1 aromatic carbocycles. The molecular weight excluding hydrogens is 398 g/mol. The second kappa shape index (κ2) is 10.7. The molecule has 0 bridgehead atoms. The summed E-state index contributed by atoms with van der Waals surface area (Å²) in [5.41, 5.74) is 1.40. The van der Waals surface area contributed by atoms with E-state index in [2.05, 4.69) is 5.32 Å². The van der Waals surface area contributed by atoms with Crippen LogP contribution in [-0.4, -0.2) is 44.0 Å². The second-order valence-corrected chi connectivity index (χ2v) is 7.70. The molecule has 0 radical (unpaired) electrons. The number of hydrogen-bond acceptors (Lipinski definition) is 5. The molecule has 31 heavy (non-hydrogen) atoms. The zero-order valence-electron chi connectivity index (χ0n) is 18.0. The van der Waals surface area contributed by atoms with Crippen molar-refractivity contribution in [2.75, 3.05) is 27.3 Å². The van der Waals surface area contributed by atoms with E-state index < -0.39 is 0 Å². The molecule has 2 aromatic rings. The number of rotatable bonds is 8. The van der Waals surface area contributed by atoms with Gasteiger partial charge in [0.15, 0.2) is 12.4 Å². The van der Waals surface area contributed by atoms with Crippen LogP contribution in [0.4, 0.5) is 0 Å². The Balaban J connectivity index is 1.46. The van der Waals surface area contributed by atoms with Crippen molar-refractivity contribution in [2.24, 2.45) is 5.92 Å². The zero-order chi connectivity index (χ0) is 22.2. The highest BCUT2D eigenvalue weighted by atomic mass is 16.5. The lowest BCUT2D eigenvalue weighted by atomic mass is 9.93. The normalized spacial score (nSPS) is 15.9. The SMILES string of the molecule is COc1ccc(CNC(=O)CC[C@H]2CCCN(C(=O)c3cc[n+]([O-])cc3)C2)c(OC)c1. The Morgan fingerprint density at radius 1 is 1.19 bits per heavy atom. The van der Waals surface area contributed by atoms with Gasteiger partial charge >= 0.3 is 0 Å². The Hall–Kier alpha value is -3.29. The van der Waals surface area contributed by atoms with Crippen LogP contribution < -0.4 is 19.5 Å². The van der Waals surface area contributed by atoms with E-state index in [1.807, 2.05) is 17.0 Å². The van der Waals surface area contributed by atoms with Crippen LogP contribution in [0, 0.1) is 11.1 Å². The third-order valence-electron chi connectivity index (χ3n) is 5.61. The lowest BCUT2D eigenvalue weighted by molar-refractivity contribution is -0.605. The van der Waals surface area contributed by atoms with E-state index in [-0.39, 0.29) is 17.7 Å². The smallest absolute Gasteiger partial charge is 0.254 e. The molecule has 2 amide bonds. The van der Waals surface area contributed by atoms with E-state index in [4.69, 9.17) is 9.47 Å². The van der Waals surface area contributed by atoms with Crippen LogP contribution in [0.25, 0.3) is 0 Å². The highest BCUT2D eigenvalue weighted by molar-refractivity contribution is 5.94. The van der Waals surface area contributed by atoms with Crippen molar-refractivity contribution >= 4 is 11.8 Å². The van der Waals surface area contributed by atoms with E-state index in [1.54, 1.807) is 32.4 Å². The molecule has 1 aliphatic heterocycles. The van der Waals surface area contributed by atoms with Crippen molar-refractivity contribution in [3.8, 4) is 11.5 Å². The minimum atomic E-state index is -0.0682. The molecule has 2 heterocycles.